The Kier molecular flexibility index (Phi) is 5.33. The maximum absolute atomic E-state index is 12.4. The van der Waals surface area contributed by atoms with Gasteiger partial charge in [-0.25, -0.2) is 0 Å². The molecule has 0 atom stereocenters. The van der Waals surface area contributed by atoms with E-state index in [4.69, 9.17) is 9.47 Å². The number of ether oxygens (including phenoxy) is 2. The minimum Gasteiger partial charge on any atom is -0.497 e. The van der Waals surface area contributed by atoms with Crippen LogP contribution in [-0.4, -0.2) is 45.8 Å². The predicted octanol–water partition coefficient (Wildman–Crippen LogP) is 1.97. The lowest BCUT2D eigenvalue weighted by molar-refractivity contribution is -0.138. The summed E-state index contributed by atoms with van der Waals surface area (Å²) in [5, 5.41) is 8.46. The Hall–Kier alpha value is -2.41. The zero-order valence-corrected chi connectivity index (χ0v) is 14.9. The molecule has 0 fully saturated rings. The van der Waals surface area contributed by atoms with Crippen LogP contribution >= 0.6 is 0 Å². The third-order valence-electron chi connectivity index (χ3n) is 4.28. The Balaban J connectivity index is 1.52. The second-order valence-electron chi connectivity index (χ2n) is 6.44. The van der Waals surface area contributed by atoms with Crippen molar-refractivity contribution in [2.75, 3.05) is 20.3 Å². The largest absolute Gasteiger partial charge is 0.497 e. The third-order valence-corrected chi connectivity index (χ3v) is 4.28. The second-order valence-corrected chi connectivity index (χ2v) is 6.44. The summed E-state index contributed by atoms with van der Waals surface area (Å²) in [6.45, 7) is 6.51. The Labute approximate surface area is 147 Å². The van der Waals surface area contributed by atoms with E-state index in [-0.39, 0.29) is 12.5 Å². The predicted molar refractivity (Wildman–Crippen MR) is 92.2 cm³/mol. The topological polar surface area (TPSA) is 69.5 Å². The van der Waals surface area contributed by atoms with Gasteiger partial charge in [-0.15, -0.1) is 10.2 Å². The summed E-state index contributed by atoms with van der Waals surface area (Å²) >= 11 is 0. The molecule has 1 amide bonds. The van der Waals surface area contributed by atoms with E-state index < -0.39 is 0 Å². The van der Waals surface area contributed by atoms with Crippen LogP contribution in [0.3, 0.4) is 0 Å². The van der Waals surface area contributed by atoms with Gasteiger partial charge in [-0.3, -0.25) is 4.79 Å². The van der Waals surface area contributed by atoms with Crippen LogP contribution in [0.25, 0.3) is 0 Å². The molecule has 1 aliphatic heterocycles. The van der Waals surface area contributed by atoms with Crippen LogP contribution in [-0.2, 0) is 29.2 Å². The van der Waals surface area contributed by atoms with Crippen molar-refractivity contribution in [1.82, 2.24) is 19.7 Å². The Morgan fingerprint density at radius 1 is 1.28 bits per heavy atom. The number of methoxy groups -OCH3 is 1. The third kappa shape index (κ3) is 3.99. The van der Waals surface area contributed by atoms with E-state index in [1.807, 2.05) is 24.3 Å². The molecule has 0 aliphatic carbocycles. The summed E-state index contributed by atoms with van der Waals surface area (Å²) < 4.78 is 12.9. The number of hydrogen-bond donors (Lipinski definition) is 0. The molecule has 7 heteroatoms. The average molecular weight is 344 g/mol. The highest BCUT2D eigenvalue weighted by Gasteiger charge is 2.25. The SMILES string of the molecule is COc1cccc(COCC(=O)N2CCn3c(nnc3C(C)C)C2)c1. The highest BCUT2D eigenvalue weighted by atomic mass is 16.5. The Bertz CT molecular complexity index is 742. The first-order valence-corrected chi connectivity index (χ1v) is 8.49. The molecule has 0 N–H and O–H groups in total. The van der Waals surface area contributed by atoms with Crippen molar-refractivity contribution < 1.29 is 14.3 Å². The van der Waals surface area contributed by atoms with E-state index in [0.29, 0.717) is 25.6 Å². The second kappa shape index (κ2) is 7.65. The van der Waals surface area contributed by atoms with Crippen molar-refractivity contribution in [3.63, 3.8) is 0 Å². The lowest BCUT2D eigenvalue weighted by Gasteiger charge is -2.28. The van der Waals surface area contributed by atoms with Gasteiger partial charge in [0.2, 0.25) is 5.91 Å². The van der Waals surface area contributed by atoms with Crippen LogP contribution in [0.4, 0.5) is 0 Å². The van der Waals surface area contributed by atoms with Crippen LogP contribution in [0.2, 0.25) is 0 Å². The molecule has 134 valence electrons. The number of carbonyl (C=O) groups is 1. The molecule has 0 saturated carbocycles. The molecular formula is C18H24N4O3. The van der Waals surface area contributed by atoms with Crippen LogP contribution < -0.4 is 4.74 Å². The number of carbonyl (C=O) groups excluding carboxylic acids is 1. The maximum Gasteiger partial charge on any atom is 0.249 e. The van der Waals surface area contributed by atoms with Gasteiger partial charge in [0.1, 0.15) is 18.2 Å². The van der Waals surface area contributed by atoms with Crippen LogP contribution in [0, 0.1) is 0 Å². The van der Waals surface area contributed by atoms with Gasteiger partial charge in [-0.1, -0.05) is 26.0 Å². The lowest BCUT2D eigenvalue weighted by atomic mass is 10.2. The first-order chi connectivity index (χ1) is 12.1. The quantitative estimate of drug-likeness (QED) is 0.801. The smallest absolute Gasteiger partial charge is 0.249 e. The van der Waals surface area contributed by atoms with Gasteiger partial charge in [0, 0.05) is 19.0 Å². The minimum absolute atomic E-state index is 0.0248. The summed E-state index contributed by atoms with van der Waals surface area (Å²) in [5.74, 6) is 2.91. The van der Waals surface area contributed by atoms with Gasteiger partial charge in [-0.2, -0.15) is 0 Å². The lowest BCUT2D eigenvalue weighted by Crippen LogP contribution is -2.40. The maximum atomic E-state index is 12.4. The summed E-state index contributed by atoms with van der Waals surface area (Å²) in [4.78, 5) is 14.2. The fourth-order valence-electron chi connectivity index (χ4n) is 2.93. The molecule has 0 bridgehead atoms. The van der Waals surface area contributed by atoms with Gasteiger partial charge in [-0.05, 0) is 17.7 Å². The normalized spacial score (nSPS) is 13.8. The fourth-order valence-corrected chi connectivity index (χ4v) is 2.93. The van der Waals surface area contributed by atoms with E-state index in [1.165, 1.54) is 0 Å². The van der Waals surface area contributed by atoms with Crippen LogP contribution in [0.15, 0.2) is 24.3 Å². The molecule has 1 aromatic carbocycles. The number of aromatic nitrogens is 3. The van der Waals surface area contributed by atoms with Crippen molar-refractivity contribution in [3.8, 4) is 5.75 Å². The van der Waals surface area contributed by atoms with Gasteiger partial charge >= 0.3 is 0 Å². The summed E-state index contributed by atoms with van der Waals surface area (Å²) in [6.07, 6.45) is 0. The summed E-state index contributed by atoms with van der Waals surface area (Å²) in [6, 6.07) is 7.64. The molecule has 2 aromatic rings. The van der Waals surface area contributed by atoms with E-state index in [1.54, 1.807) is 12.0 Å². The highest BCUT2D eigenvalue weighted by Crippen LogP contribution is 2.18. The van der Waals surface area contributed by atoms with Gasteiger partial charge in [0.05, 0.1) is 20.3 Å². The number of benzene rings is 1. The van der Waals surface area contributed by atoms with Crippen LogP contribution in [0.1, 0.15) is 37.0 Å². The van der Waals surface area contributed by atoms with Crippen molar-refractivity contribution in [3.05, 3.63) is 41.5 Å². The average Bonchev–Trinajstić information content (AvgIpc) is 3.05. The zero-order valence-electron chi connectivity index (χ0n) is 14.9. The molecule has 1 aromatic heterocycles. The van der Waals surface area contributed by atoms with Crippen molar-refractivity contribution in [2.45, 2.75) is 39.5 Å². The molecule has 0 radical (unpaired) electrons. The van der Waals surface area contributed by atoms with Crippen molar-refractivity contribution in [2.24, 2.45) is 0 Å². The number of hydrogen-bond acceptors (Lipinski definition) is 5. The Morgan fingerprint density at radius 3 is 2.88 bits per heavy atom. The summed E-state index contributed by atoms with van der Waals surface area (Å²) in [5.41, 5.74) is 0.979. The highest BCUT2D eigenvalue weighted by molar-refractivity contribution is 5.77. The first kappa shape index (κ1) is 17.4. The van der Waals surface area contributed by atoms with Crippen LogP contribution in [0.5, 0.6) is 5.75 Å². The molecule has 2 heterocycles. The summed E-state index contributed by atoms with van der Waals surface area (Å²) in [7, 11) is 1.63. The van der Waals surface area contributed by atoms with Crippen molar-refractivity contribution >= 4 is 5.91 Å². The van der Waals surface area contributed by atoms with E-state index >= 15 is 0 Å². The van der Waals surface area contributed by atoms with Gasteiger partial charge < -0.3 is 18.9 Å². The molecule has 0 spiro atoms. The number of rotatable bonds is 6. The van der Waals surface area contributed by atoms with E-state index in [2.05, 4.69) is 28.6 Å². The molecule has 3 rings (SSSR count). The monoisotopic (exact) mass is 344 g/mol. The first-order valence-electron chi connectivity index (χ1n) is 8.49. The number of nitrogens with zero attached hydrogens (tertiary/aromatic N) is 4. The molecular weight excluding hydrogens is 320 g/mol. The number of fused-ring (bicyclic) bond motifs is 1. The standard InChI is InChI=1S/C18H24N4O3/c1-13(2)18-20-19-16-10-21(7-8-22(16)18)17(23)12-25-11-14-5-4-6-15(9-14)24-3/h4-6,9,13H,7-8,10-12H2,1-3H3. The molecule has 0 saturated heterocycles. The molecule has 25 heavy (non-hydrogen) atoms. The van der Waals surface area contributed by atoms with E-state index in [0.717, 1.165) is 29.5 Å². The number of amides is 1. The Morgan fingerprint density at radius 2 is 2.12 bits per heavy atom. The fraction of sp³-hybridized carbons (Fsp3) is 0.500. The molecule has 7 nitrogen and oxygen atoms in total. The zero-order chi connectivity index (χ0) is 17.8. The molecule has 0 unspecified atom stereocenters. The minimum atomic E-state index is -0.0248. The molecule has 1 aliphatic rings. The van der Waals surface area contributed by atoms with Gasteiger partial charge in [0.25, 0.3) is 0 Å². The van der Waals surface area contributed by atoms with Gasteiger partial charge in [0.15, 0.2) is 5.82 Å². The van der Waals surface area contributed by atoms with Crippen molar-refractivity contribution in [1.29, 1.82) is 0 Å². The van der Waals surface area contributed by atoms with E-state index in [9.17, 15) is 4.79 Å².